The van der Waals surface area contributed by atoms with Gasteiger partial charge in [0.1, 0.15) is 10.6 Å². The summed E-state index contributed by atoms with van der Waals surface area (Å²) in [4.78, 5) is -0.443. The molecule has 0 aliphatic carbocycles. The maximum Gasteiger partial charge on any atom is 0.241 e. The van der Waals surface area contributed by atoms with Crippen molar-refractivity contribution in [3.8, 4) is 5.75 Å². The molecule has 13 heavy (non-hydrogen) atoms. The molecule has 0 atom stereocenters. The molecule has 0 spiro atoms. The molecule has 1 aromatic rings. The van der Waals surface area contributed by atoms with E-state index in [1.165, 1.54) is 0 Å². The maximum atomic E-state index is 10.8. The van der Waals surface area contributed by atoms with Crippen LogP contribution in [0, 0.1) is 0 Å². The van der Waals surface area contributed by atoms with Gasteiger partial charge in [0.25, 0.3) is 0 Å². The molecule has 0 radical (unpaired) electrons. The Morgan fingerprint density at radius 3 is 2.15 bits per heavy atom. The van der Waals surface area contributed by atoms with E-state index < -0.39 is 20.7 Å². The Bertz CT molecular complexity index is 443. The first-order valence-electron chi connectivity index (χ1n) is 3.03. The molecule has 1 aromatic carbocycles. The molecule has 0 saturated carbocycles. The molecular formula is C6H5Cl2NO3S. The third-order valence-corrected chi connectivity index (χ3v) is 2.97. The Balaban J connectivity index is 3.50. The maximum absolute atomic E-state index is 10.8. The first-order valence-corrected chi connectivity index (χ1v) is 5.33. The van der Waals surface area contributed by atoms with Gasteiger partial charge in [0.05, 0.1) is 10.0 Å². The smallest absolute Gasteiger partial charge is 0.241 e. The van der Waals surface area contributed by atoms with Crippen LogP contribution >= 0.6 is 23.2 Å². The minimum absolute atomic E-state index is 0.0171. The van der Waals surface area contributed by atoms with Crippen molar-refractivity contribution in [2.24, 2.45) is 5.14 Å². The van der Waals surface area contributed by atoms with Gasteiger partial charge in [-0.2, -0.15) is 0 Å². The Morgan fingerprint density at radius 1 is 1.23 bits per heavy atom. The normalized spacial score (nSPS) is 11.6. The summed E-state index contributed by atoms with van der Waals surface area (Å²) >= 11 is 11.0. The Labute approximate surface area is 84.9 Å². The van der Waals surface area contributed by atoms with Gasteiger partial charge in [-0.3, -0.25) is 0 Å². The Morgan fingerprint density at radius 2 is 1.69 bits per heavy atom. The van der Waals surface area contributed by atoms with Gasteiger partial charge < -0.3 is 5.11 Å². The number of nitrogens with two attached hydrogens (primary N) is 1. The molecule has 0 aliphatic heterocycles. The lowest BCUT2D eigenvalue weighted by molar-refractivity contribution is 0.459. The zero-order valence-corrected chi connectivity index (χ0v) is 8.49. The molecule has 1 rings (SSSR count). The fourth-order valence-electron chi connectivity index (χ4n) is 0.746. The predicted molar refractivity (Wildman–Crippen MR) is 49.5 cm³/mol. The fourth-order valence-corrected chi connectivity index (χ4v) is 1.76. The number of sulfonamides is 1. The molecule has 4 nitrogen and oxygen atoms in total. The molecule has 7 heteroatoms. The Hall–Kier alpha value is -0.490. The summed E-state index contributed by atoms with van der Waals surface area (Å²) in [5.41, 5.74) is 0. The minimum Gasteiger partial charge on any atom is -0.506 e. The summed E-state index contributed by atoms with van der Waals surface area (Å²) in [5, 5.41) is 14.0. The van der Waals surface area contributed by atoms with Crippen LogP contribution in [0.5, 0.6) is 5.75 Å². The molecular weight excluding hydrogens is 237 g/mol. The molecule has 0 aromatic heterocycles. The van der Waals surface area contributed by atoms with Crippen LogP contribution in [0.25, 0.3) is 0 Å². The van der Waals surface area contributed by atoms with E-state index in [0.717, 1.165) is 12.1 Å². The van der Waals surface area contributed by atoms with Crippen LogP contribution in [0.15, 0.2) is 17.0 Å². The third kappa shape index (κ3) is 2.25. The molecule has 0 saturated heterocycles. The molecule has 3 N–H and O–H groups in total. The topological polar surface area (TPSA) is 80.4 Å². The van der Waals surface area contributed by atoms with E-state index in [9.17, 15) is 8.42 Å². The summed E-state index contributed by atoms with van der Waals surface area (Å²) < 4.78 is 21.7. The monoisotopic (exact) mass is 241 g/mol. The minimum atomic E-state index is -3.97. The van der Waals surface area contributed by atoms with E-state index in [1.807, 2.05) is 0 Å². The summed E-state index contributed by atoms with van der Waals surface area (Å²) in [5.74, 6) is -0.517. The lowest BCUT2D eigenvalue weighted by Gasteiger charge is -2.03. The second-order valence-electron chi connectivity index (χ2n) is 2.28. The largest absolute Gasteiger partial charge is 0.506 e. The van der Waals surface area contributed by atoms with Gasteiger partial charge in [-0.15, -0.1) is 0 Å². The molecule has 72 valence electrons. The van der Waals surface area contributed by atoms with Gasteiger partial charge in [0, 0.05) is 6.07 Å². The van der Waals surface area contributed by atoms with E-state index in [2.05, 4.69) is 0 Å². The highest BCUT2D eigenvalue weighted by Crippen LogP contribution is 2.31. The highest BCUT2D eigenvalue weighted by molar-refractivity contribution is 7.89. The molecule has 0 unspecified atom stereocenters. The van der Waals surface area contributed by atoms with Crippen LogP contribution in [0.1, 0.15) is 0 Å². The van der Waals surface area contributed by atoms with E-state index in [0.29, 0.717) is 0 Å². The first kappa shape index (κ1) is 10.6. The van der Waals surface area contributed by atoms with Crippen LogP contribution in [0.4, 0.5) is 0 Å². The molecule has 0 aliphatic rings. The van der Waals surface area contributed by atoms with E-state index in [-0.39, 0.29) is 10.0 Å². The number of halogens is 2. The van der Waals surface area contributed by atoms with Crippen molar-refractivity contribution < 1.29 is 13.5 Å². The lowest BCUT2D eigenvalue weighted by atomic mass is 10.3. The quantitative estimate of drug-likeness (QED) is 0.779. The standard InChI is InChI=1S/C6H5Cl2NO3S/c7-3-1-5(10)6(2-4(3)8)13(9,11)12/h1-2,10H,(H2,9,11,12). The second-order valence-corrected chi connectivity index (χ2v) is 4.62. The summed E-state index contributed by atoms with van der Waals surface area (Å²) in [6, 6.07) is 2.01. The molecule has 0 heterocycles. The average molecular weight is 242 g/mol. The van der Waals surface area contributed by atoms with E-state index >= 15 is 0 Å². The molecule has 0 bridgehead atoms. The fraction of sp³-hybridized carbons (Fsp3) is 0. The highest BCUT2D eigenvalue weighted by Gasteiger charge is 2.15. The summed E-state index contributed by atoms with van der Waals surface area (Å²) in [6.07, 6.45) is 0. The summed E-state index contributed by atoms with van der Waals surface area (Å²) in [6.45, 7) is 0. The number of phenols is 1. The van der Waals surface area contributed by atoms with E-state index in [1.54, 1.807) is 0 Å². The van der Waals surface area contributed by atoms with Crippen molar-refractivity contribution in [2.75, 3.05) is 0 Å². The number of benzene rings is 1. The number of rotatable bonds is 1. The van der Waals surface area contributed by atoms with E-state index in [4.69, 9.17) is 33.4 Å². The predicted octanol–water partition coefficient (Wildman–Crippen LogP) is 1.35. The number of hydrogen-bond donors (Lipinski definition) is 2. The van der Waals surface area contributed by atoms with Crippen LogP contribution in [0.3, 0.4) is 0 Å². The number of aromatic hydroxyl groups is 1. The van der Waals surface area contributed by atoms with Crippen LogP contribution < -0.4 is 5.14 Å². The van der Waals surface area contributed by atoms with Gasteiger partial charge in [-0.25, -0.2) is 13.6 Å². The SMILES string of the molecule is NS(=O)(=O)c1cc(Cl)c(Cl)cc1O. The van der Waals surface area contributed by atoms with Crippen LogP contribution in [-0.4, -0.2) is 13.5 Å². The number of phenolic OH excluding ortho intramolecular Hbond substituents is 1. The van der Waals surface area contributed by atoms with Crippen molar-refractivity contribution in [1.29, 1.82) is 0 Å². The second kappa shape index (κ2) is 3.34. The highest BCUT2D eigenvalue weighted by atomic mass is 35.5. The van der Waals surface area contributed by atoms with Gasteiger partial charge in [-0.05, 0) is 6.07 Å². The lowest BCUT2D eigenvalue weighted by Crippen LogP contribution is -2.12. The van der Waals surface area contributed by atoms with Crippen LogP contribution in [0.2, 0.25) is 10.0 Å². The molecule has 0 fully saturated rings. The Kier molecular flexibility index (Phi) is 2.72. The molecule has 0 amide bonds. The average Bonchev–Trinajstić information content (AvgIpc) is 1.94. The van der Waals surface area contributed by atoms with Gasteiger partial charge in [-0.1, -0.05) is 23.2 Å². The van der Waals surface area contributed by atoms with Crippen LogP contribution in [-0.2, 0) is 10.0 Å². The number of hydrogen-bond acceptors (Lipinski definition) is 3. The summed E-state index contributed by atoms with van der Waals surface area (Å²) in [7, 11) is -3.97. The van der Waals surface area contributed by atoms with Crippen molar-refractivity contribution >= 4 is 33.2 Å². The zero-order valence-electron chi connectivity index (χ0n) is 6.16. The van der Waals surface area contributed by atoms with Gasteiger partial charge >= 0.3 is 0 Å². The number of primary sulfonamides is 1. The van der Waals surface area contributed by atoms with Crippen molar-refractivity contribution in [2.45, 2.75) is 4.90 Å². The van der Waals surface area contributed by atoms with Crippen molar-refractivity contribution in [3.05, 3.63) is 22.2 Å². The van der Waals surface area contributed by atoms with Gasteiger partial charge in [0.15, 0.2) is 0 Å². The zero-order chi connectivity index (χ0) is 10.2. The van der Waals surface area contributed by atoms with Crippen molar-refractivity contribution in [3.63, 3.8) is 0 Å². The first-order chi connectivity index (χ1) is 5.82. The van der Waals surface area contributed by atoms with Crippen molar-refractivity contribution in [1.82, 2.24) is 0 Å². The third-order valence-electron chi connectivity index (χ3n) is 1.31. The van der Waals surface area contributed by atoms with Gasteiger partial charge in [0.2, 0.25) is 10.0 Å².